The predicted octanol–water partition coefficient (Wildman–Crippen LogP) is 8.03. The molecule has 1 N–H and O–H groups in total. The third-order valence-electron chi connectivity index (χ3n) is 6.68. The molecule has 0 spiro atoms. The Labute approximate surface area is 251 Å². The van der Waals surface area contributed by atoms with Crippen LogP contribution in [-0.4, -0.2) is 18.0 Å². The number of phenols is 1. The van der Waals surface area contributed by atoms with E-state index in [1.807, 2.05) is 84.9 Å². The van der Waals surface area contributed by atoms with Gasteiger partial charge >= 0.3 is 0 Å². The number of hydrogen-bond donors (Lipinski definition) is 1. The van der Waals surface area contributed by atoms with Gasteiger partial charge in [-0.05, 0) is 65.2 Å². The quantitative estimate of drug-likeness (QED) is 0.114. The van der Waals surface area contributed by atoms with E-state index in [2.05, 4.69) is 0 Å². The highest BCUT2D eigenvalue weighted by atomic mass is 16.5. The van der Waals surface area contributed by atoms with Crippen molar-refractivity contribution in [3.8, 4) is 28.7 Å². The number of carbonyl (C=O) groups excluding carboxylic acids is 1. The summed E-state index contributed by atoms with van der Waals surface area (Å²) in [4.78, 5) is 13.3. The molecule has 43 heavy (non-hydrogen) atoms. The van der Waals surface area contributed by atoms with Crippen LogP contribution in [0.1, 0.15) is 32.6 Å². The molecule has 5 rings (SSSR count). The summed E-state index contributed by atoms with van der Waals surface area (Å²) in [5, 5.41) is 10.6. The van der Waals surface area contributed by atoms with Crippen LogP contribution in [0.3, 0.4) is 0 Å². The minimum atomic E-state index is -0.267. The Bertz CT molecular complexity index is 1660. The van der Waals surface area contributed by atoms with Gasteiger partial charge in [0.2, 0.25) is 0 Å². The topological polar surface area (TPSA) is 74.2 Å². The van der Waals surface area contributed by atoms with Crippen LogP contribution in [0.25, 0.3) is 6.08 Å². The first-order valence-corrected chi connectivity index (χ1v) is 13.9. The van der Waals surface area contributed by atoms with Crippen LogP contribution in [0.5, 0.6) is 28.7 Å². The molecule has 6 nitrogen and oxygen atoms in total. The number of phenolic OH excluding ortho intramolecular Hbond substituents is 1. The van der Waals surface area contributed by atoms with Crippen molar-refractivity contribution in [1.82, 2.24) is 0 Å². The lowest BCUT2D eigenvalue weighted by atomic mass is 10.1. The fourth-order valence-electron chi connectivity index (χ4n) is 4.29. The average Bonchev–Trinajstić information content (AvgIpc) is 3.06. The van der Waals surface area contributed by atoms with Gasteiger partial charge in [0.15, 0.2) is 5.78 Å². The number of benzene rings is 5. The van der Waals surface area contributed by atoms with Crippen molar-refractivity contribution in [1.29, 1.82) is 0 Å². The predicted molar refractivity (Wildman–Crippen MR) is 167 cm³/mol. The second kappa shape index (κ2) is 14.4. The van der Waals surface area contributed by atoms with E-state index < -0.39 is 0 Å². The molecular weight excluding hydrogens is 540 g/mol. The maximum absolute atomic E-state index is 13.3. The van der Waals surface area contributed by atoms with E-state index in [-0.39, 0.29) is 11.5 Å². The van der Waals surface area contributed by atoms with Gasteiger partial charge in [0.1, 0.15) is 48.6 Å². The lowest BCUT2D eigenvalue weighted by Gasteiger charge is -2.13. The van der Waals surface area contributed by atoms with Crippen molar-refractivity contribution in [2.45, 2.75) is 19.8 Å². The zero-order valence-electron chi connectivity index (χ0n) is 23.8. The number of aromatic hydroxyl groups is 1. The van der Waals surface area contributed by atoms with Crippen LogP contribution in [0.15, 0.2) is 127 Å². The van der Waals surface area contributed by atoms with Gasteiger partial charge in [-0.3, -0.25) is 4.79 Å². The van der Waals surface area contributed by atoms with Gasteiger partial charge in [-0.1, -0.05) is 72.8 Å². The zero-order chi connectivity index (χ0) is 29.9. The largest absolute Gasteiger partial charge is 0.507 e. The molecule has 0 saturated heterocycles. The second-order valence-corrected chi connectivity index (χ2v) is 9.76. The summed E-state index contributed by atoms with van der Waals surface area (Å²) in [6.45, 7) is 1.03. The van der Waals surface area contributed by atoms with Crippen molar-refractivity contribution in [3.05, 3.63) is 155 Å². The van der Waals surface area contributed by atoms with Crippen LogP contribution in [-0.2, 0) is 19.8 Å². The van der Waals surface area contributed by atoms with Crippen molar-refractivity contribution < 1.29 is 28.8 Å². The molecule has 0 saturated carbocycles. The van der Waals surface area contributed by atoms with Crippen molar-refractivity contribution >= 4 is 11.9 Å². The molecule has 0 amide bonds. The molecule has 0 aromatic heterocycles. The van der Waals surface area contributed by atoms with Gasteiger partial charge in [-0.15, -0.1) is 0 Å². The normalized spacial score (nSPS) is 10.8. The summed E-state index contributed by atoms with van der Waals surface area (Å²) in [7, 11) is 1.62. The third kappa shape index (κ3) is 8.27. The Morgan fingerprint density at radius 2 is 1.16 bits per heavy atom. The zero-order valence-corrected chi connectivity index (χ0v) is 23.8. The highest BCUT2D eigenvalue weighted by Crippen LogP contribution is 2.29. The van der Waals surface area contributed by atoms with E-state index in [1.165, 1.54) is 12.1 Å². The van der Waals surface area contributed by atoms with Gasteiger partial charge in [-0.25, -0.2) is 0 Å². The summed E-state index contributed by atoms with van der Waals surface area (Å²) in [5.41, 5.74) is 3.86. The highest BCUT2D eigenvalue weighted by Gasteiger charge is 2.13. The van der Waals surface area contributed by atoms with Crippen molar-refractivity contribution in [2.24, 2.45) is 0 Å². The molecule has 216 valence electrons. The monoisotopic (exact) mass is 572 g/mol. The summed E-state index contributed by atoms with van der Waals surface area (Å²) >= 11 is 0. The van der Waals surface area contributed by atoms with Gasteiger partial charge in [0, 0.05) is 17.7 Å². The van der Waals surface area contributed by atoms with E-state index >= 15 is 0 Å². The van der Waals surface area contributed by atoms with Gasteiger partial charge in [-0.2, -0.15) is 0 Å². The molecule has 0 aliphatic carbocycles. The van der Waals surface area contributed by atoms with E-state index in [0.717, 1.165) is 22.4 Å². The molecule has 0 bridgehead atoms. The van der Waals surface area contributed by atoms with Crippen LogP contribution in [0, 0.1) is 0 Å². The first kappa shape index (κ1) is 29.0. The maximum Gasteiger partial charge on any atom is 0.189 e. The molecule has 0 radical (unpaired) electrons. The fraction of sp³-hybridized carbons (Fsp3) is 0.108. The third-order valence-corrected chi connectivity index (χ3v) is 6.68. The summed E-state index contributed by atoms with van der Waals surface area (Å²) < 4.78 is 23.1. The molecule has 0 heterocycles. The van der Waals surface area contributed by atoms with E-state index in [0.29, 0.717) is 48.2 Å². The number of ether oxygens (including phenoxy) is 4. The van der Waals surface area contributed by atoms with E-state index in [4.69, 9.17) is 18.9 Å². The summed E-state index contributed by atoms with van der Waals surface area (Å²) in [5.74, 6) is 2.03. The molecule has 5 aromatic rings. The van der Waals surface area contributed by atoms with Crippen LogP contribution >= 0.6 is 0 Å². The molecule has 0 atom stereocenters. The summed E-state index contributed by atoms with van der Waals surface area (Å²) in [6, 6.07) is 37.3. The molecule has 0 aliphatic heterocycles. The fourth-order valence-corrected chi connectivity index (χ4v) is 4.29. The van der Waals surface area contributed by atoms with Crippen LogP contribution in [0.4, 0.5) is 0 Å². The van der Waals surface area contributed by atoms with Crippen LogP contribution < -0.4 is 18.9 Å². The molecule has 5 aromatic carbocycles. The van der Waals surface area contributed by atoms with Gasteiger partial charge in [0.25, 0.3) is 0 Å². The Balaban J connectivity index is 1.27. The van der Waals surface area contributed by atoms with Gasteiger partial charge in [0.05, 0.1) is 12.7 Å². The second-order valence-electron chi connectivity index (χ2n) is 9.76. The number of hydrogen-bond acceptors (Lipinski definition) is 6. The minimum Gasteiger partial charge on any atom is -0.507 e. The SMILES string of the molecule is COc1ccc(COc2ccc(C=CC(=O)c3ccc(OCc4ccccc4)cc3OCc3ccccc3)c(O)c2)cc1. The van der Waals surface area contributed by atoms with Crippen molar-refractivity contribution in [2.75, 3.05) is 7.11 Å². The number of carbonyl (C=O) groups is 1. The molecular formula is C37H32O6. The maximum atomic E-state index is 13.3. The minimum absolute atomic E-state index is 0.00138. The lowest BCUT2D eigenvalue weighted by molar-refractivity contribution is 0.104. The molecule has 0 unspecified atom stereocenters. The van der Waals surface area contributed by atoms with E-state index in [1.54, 1.807) is 43.5 Å². The molecule has 6 heteroatoms. The van der Waals surface area contributed by atoms with Crippen molar-refractivity contribution in [3.63, 3.8) is 0 Å². The Hall–Kier alpha value is -5.49. The molecule has 0 aliphatic rings. The van der Waals surface area contributed by atoms with Crippen LogP contribution in [0.2, 0.25) is 0 Å². The Kier molecular flexibility index (Phi) is 9.73. The number of rotatable bonds is 13. The van der Waals surface area contributed by atoms with E-state index in [9.17, 15) is 9.90 Å². The van der Waals surface area contributed by atoms with Gasteiger partial charge < -0.3 is 24.1 Å². The smallest absolute Gasteiger partial charge is 0.189 e. The Morgan fingerprint density at radius 1 is 0.628 bits per heavy atom. The Morgan fingerprint density at radius 3 is 1.77 bits per heavy atom. The number of ketones is 1. The lowest BCUT2D eigenvalue weighted by Crippen LogP contribution is -2.04. The number of methoxy groups -OCH3 is 1. The summed E-state index contributed by atoms with van der Waals surface area (Å²) in [6.07, 6.45) is 2.99. The molecule has 0 fully saturated rings. The standard InChI is InChI=1S/C37H32O6/c1-40-31-16-12-29(13-17-31)25-41-32-18-14-30(36(39)22-32)15-21-35(38)34-20-19-33(42-24-27-8-4-2-5-9-27)23-37(34)43-26-28-10-6-3-7-11-28/h2-23,39H,24-26H2,1H3. The first-order chi connectivity index (χ1) is 21.1. The average molecular weight is 573 g/mol. The number of allylic oxidation sites excluding steroid dienone is 1. The first-order valence-electron chi connectivity index (χ1n) is 13.9. The highest BCUT2D eigenvalue weighted by molar-refractivity contribution is 6.08.